The van der Waals surface area contributed by atoms with E-state index in [0.29, 0.717) is 0 Å². The molecule has 1 heterocycles. The average Bonchev–Trinajstić information content (AvgIpc) is 2.82. The predicted molar refractivity (Wildman–Crippen MR) is 133 cm³/mol. The maximum Gasteiger partial charge on any atom is 0.137 e. The number of rotatable bonds is 13. The predicted octanol–water partition coefficient (Wildman–Crippen LogP) is 8.64. The minimum Gasteiger partial charge on any atom is -0.492 e. The summed E-state index contributed by atoms with van der Waals surface area (Å²) >= 11 is 0. The highest BCUT2D eigenvalue weighted by Gasteiger charge is 2.20. The van der Waals surface area contributed by atoms with Crippen LogP contribution in [-0.2, 0) is 6.42 Å². The summed E-state index contributed by atoms with van der Waals surface area (Å²) in [6.45, 7) is 5.25. The normalized spacial score (nSPS) is 18.8. The van der Waals surface area contributed by atoms with Crippen molar-refractivity contribution >= 4 is 0 Å². The summed E-state index contributed by atoms with van der Waals surface area (Å²) in [6.07, 6.45) is 19.6. The van der Waals surface area contributed by atoms with Crippen molar-refractivity contribution in [1.29, 1.82) is 0 Å². The highest BCUT2D eigenvalue weighted by molar-refractivity contribution is 5.59. The van der Waals surface area contributed by atoms with E-state index < -0.39 is 0 Å². The molecule has 0 atom stereocenters. The van der Waals surface area contributed by atoms with E-state index in [2.05, 4.69) is 49.2 Å². The van der Waals surface area contributed by atoms with Crippen LogP contribution in [0.3, 0.4) is 0 Å². The van der Waals surface area contributed by atoms with Crippen LogP contribution in [-0.4, -0.2) is 11.6 Å². The van der Waals surface area contributed by atoms with Crippen molar-refractivity contribution < 1.29 is 4.74 Å². The molecule has 2 nitrogen and oxygen atoms in total. The van der Waals surface area contributed by atoms with Crippen molar-refractivity contribution in [3.8, 4) is 17.0 Å². The summed E-state index contributed by atoms with van der Waals surface area (Å²) in [5.41, 5.74) is 3.67. The molecule has 0 aliphatic heterocycles. The number of hydrogen-bond donors (Lipinski definition) is 0. The summed E-state index contributed by atoms with van der Waals surface area (Å²) in [4.78, 5) is 4.59. The second-order valence-electron chi connectivity index (χ2n) is 9.55. The fourth-order valence-electron chi connectivity index (χ4n) is 4.85. The van der Waals surface area contributed by atoms with Gasteiger partial charge in [-0.1, -0.05) is 102 Å². The Labute approximate surface area is 190 Å². The van der Waals surface area contributed by atoms with Crippen LogP contribution in [0.25, 0.3) is 11.3 Å². The fraction of sp³-hybridized carbons (Fsp3) is 0.621. The second kappa shape index (κ2) is 13.6. The zero-order valence-electron chi connectivity index (χ0n) is 20.0. The molecule has 3 rings (SSSR count). The van der Waals surface area contributed by atoms with Gasteiger partial charge in [-0.2, -0.15) is 0 Å². The largest absolute Gasteiger partial charge is 0.492 e. The molecule has 0 bridgehead atoms. The molecule has 0 radical (unpaired) electrons. The number of hydrogen-bond acceptors (Lipinski definition) is 2. The lowest BCUT2D eigenvalue weighted by Gasteiger charge is -2.28. The molecule has 2 aromatic rings. The topological polar surface area (TPSA) is 22.1 Å². The Hall–Kier alpha value is -1.83. The lowest BCUT2D eigenvalue weighted by atomic mass is 9.77. The van der Waals surface area contributed by atoms with Crippen LogP contribution >= 0.6 is 0 Å². The molecule has 1 aromatic carbocycles. The Bertz CT molecular complexity index is 713. The molecule has 1 fully saturated rings. The van der Waals surface area contributed by atoms with E-state index in [1.807, 2.05) is 12.3 Å². The molecule has 0 unspecified atom stereocenters. The Balaban J connectivity index is 1.38. The van der Waals surface area contributed by atoms with Gasteiger partial charge in [0.05, 0.1) is 18.5 Å². The first-order valence-corrected chi connectivity index (χ1v) is 13.0. The molecular weight excluding hydrogens is 378 g/mol. The van der Waals surface area contributed by atoms with E-state index in [9.17, 15) is 0 Å². The van der Waals surface area contributed by atoms with Crippen molar-refractivity contribution in [2.24, 2.45) is 11.8 Å². The van der Waals surface area contributed by atoms with Crippen LogP contribution in [0.15, 0.2) is 42.6 Å². The smallest absolute Gasteiger partial charge is 0.137 e. The summed E-state index contributed by atoms with van der Waals surface area (Å²) < 4.78 is 5.72. The number of aromatic nitrogens is 1. The fourth-order valence-corrected chi connectivity index (χ4v) is 4.85. The quantitative estimate of drug-likeness (QED) is 0.302. The molecule has 0 saturated heterocycles. The summed E-state index contributed by atoms with van der Waals surface area (Å²) in [5, 5.41) is 0. The van der Waals surface area contributed by atoms with Crippen LogP contribution in [0.1, 0.15) is 96.5 Å². The highest BCUT2D eigenvalue weighted by Crippen LogP contribution is 2.34. The molecule has 31 heavy (non-hydrogen) atoms. The second-order valence-corrected chi connectivity index (χ2v) is 9.55. The van der Waals surface area contributed by atoms with Gasteiger partial charge < -0.3 is 4.74 Å². The van der Waals surface area contributed by atoms with E-state index in [-0.39, 0.29) is 0 Å². The van der Waals surface area contributed by atoms with Gasteiger partial charge in [-0.15, -0.1) is 0 Å². The zero-order valence-corrected chi connectivity index (χ0v) is 20.0. The van der Waals surface area contributed by atoms with Crippen molar-refractivity contribution in [2.75, 3.05) is 6.61 Å². The maximum absolute atomic E-state index is 5.72. The van der Waals surface area contributed by atoms with Gasteiger partial charge in [-0.3, -0.25) is 4.98 Å². The number of unbranched alkanes of at least 4 members (excludes halogenated alkanes) is 4. The molecule has 1 aromatic heterocycles. The number of ether oxygens (including phenoxy) is 1. The minimum absolute atomic E-state index is 0.771. The minimum atomic E-state index is 0.771. The third kappa shape index (κ3) is 8.31. The molecule has 1 aliphatic rings. The van der Waals surface area contributed by atoms with Crippen molar-refractivity contribution in [3.05, 3.63) is 48.2 Å². The Kier molecular flexibility index (Phi) is 10.4. The van der Waals surface area contributed by atoms with Gasteiger partial charge in [-0.25, -0.2) is 0 Å². The van der Waals surface area contributed by atoms with Gasteiger partial charge in [0, 0.05) is 5.56 Å². The third-order valence-corrected chi connectivity index (χ3v) is 7.03. The zero-order chi connectivity index (χ0) is 21.7. The number of aryl methyl sites for hydroxylation is 1. The van der Waals surface area contributed by atoms with Crippen molar-refractivity contribution in [3.63, 3.8) is 0 Å². The van der Waals surface area contributed by atoms with Gasteiger partial charge in [0.2, 0.25) is 0 Å². The lowest BCUT2D eigenvalue weighted by Crippen LogP contribution is -2.15. The molecule has 1 saturated carbocycles. The molecule has 0 spiro atoms. The molecule has 0 amide bonds. The third-order valence-electron chi connectivity index (χ3n) is 7.03. The van der Waals surface area contributed by atoms with Crippen LogP contribution in [0.2, 0.25) is 0 Å². The van der Waals surface area contributed by atoms with E-state index in [0.717, 1.165) is 42.7 Å². The monoisotopic (exact) mass is 421 g/mol. The summed E-state index contributed by atoms with van der Waals surface area (Å²) in [6, 6.07) is 13.1. The number of pyridine rings is 1. The van der Waals surface area contributed by atoms with Crippen LogP contribution < -0.4 is 4.74 Å². The van der Waals surface area contributed by atoms with Crippen molar-refractivity contribution in [2.45, 2.75) is 97.3 Å². The highest BCUT2D eigenvalue weighted by atomic mass is 16.5. The summed E-state index contributed by atoms with van der Waals surface area (Å²) in [7, 11) is 0. The summed E-state index contributed by atoms with van der Waals surface area (Å²) in [5.74, 6) is 2.82. The Morgan fingerprint density at radius 3 is 2.13 bits per heavy atom. The molecule has 2 heteroatoms. The average molecular weight is 422 g/mol. The van der Waals surface area contributed by atoms with Crippen LogP contribution in [0.4, 0.5) is 0 Å². The molecule has 1 aliphatic carbocycles. The van der Waals surface area contributed by atoms with Gasteiger partial charge in [0.15, 0.2) is 0 Å². The van der Waals surface area contributed by atoms with Crippen LogP contribution in [0.5, 0.6) is 5.75 Å². The molecular formula is C29H43NO. The Morgan fingerprint density at radius 2 is 1.48 bits per heavy atom. The lowest BCUT2D eigenvalue weighted by molar-refractivity contribution is 0.249. The van der Waals surface area contributed by atoms with E-state index in [1.165, 1.54) is 81.8 Å². The Morgan fingerprint density at radius 1 is 0.774 bits per heavy atom. The number of benzene rings is 1. The van der Waals surface area contributed by atoms with Gasteiger partial charge in [-0.05, 0) is 48.8 Å². The van der Waals surface area contributed by atoms with Crippen LogP contribution in [0, 0.1) is 11.8 Å². The maximum atomic E-state index is 5.72. The SMILES string of the molecule is CCCCCC[C@H]1CC[C@H](CCc2ccc(-c3ccc(OCCCC)cn3)cc2)CC1. The molecule has 170 valence electrons. The number of nitrogens with zero attached hydrogens (tertiary/aromatic N) is 1. The standard InChI is InChI=1S/C29H43NO/c1-3-5-7-8-9-24-10-12-25(13-11-24)14-15-26-16-18-27(19-17-26)29-21-20-28(23-30-29)31-22-6-4-2/h16-21,23-25H,3-15,22H2,1-2H3/t24-,25-. The van der Waals surface area contributed by atoms with Gasteiger partial charge >= 0.3 is 0 Å². The first-order chi connectivity index (χ1) is 15.3. The van der Waals surface area contributed by atoms with Crippen molar-refractivity contribution in [1.82, 2.24) is 4.98 Å². The first-order valence-electron chi connectivity index (χ1n) is 13.0. The molecule has 0 N–H and O–H groups in total. The van der Waals surface area contributed by atoms with Gasteiger partial charge in [0.25, 0.3) is 0 Å². The van der Waals surface area contributed by atoms with Gasteiger partial charge in [0.1, 0.15) is 5.75 Å². The first kappa shape index (κ1) is 23.8. The van der Waals surface area contributed by atoms with E-state index in [4.69, 9.17) is 4.74 Å². The van der Waals surface area contributed by atoms with E-state index >= 15 is 0 Å². The van der Waals surface area contributed by atoms with E-state index in [1.54, 1.807) is 0 Å².